The quantitative estimate of drug-likeness (QED) is 0.580. The Bertz CT molecular complexity index is 997. The molecular formula is C19H18Cl2N4O3S. The third-order valence-corrected chi connectivity index (χ3v) is 6.21. The van der Waals surface area contributed by atoms with Crippen molar-refractivity contribution >= 4 is 40.4 Å². The summed E-state index contributed by atoms with van der Waals surface area (Å²) >= 11 is 13.3. The van der Waals surface area contributed by atoms with Gasteiger partial charge in [-0.2, -0.15) is 4.98 Å². The van der Waals surface area contributed by atoms with Gasteiger partial charge in [-0.3, -0.25) is 9.69 Å². The van der Waals surface area contributed by atoms with Gasteiger partial charge >= 0.3 is 0 Å². The normalized spacial score (nSPS) is 14.9. The topological polar surface area (TPSA) is 71.7 Å². The van der Waals surface area contributed by atoms with Crippen LogP contribution in [-0.4, -0.2) is 59.1 Å². The molecule has 0 N–H and O–H groups in total. The summed E-state index contributed by atoms with van der Waals surface area (Å²) in [6.07, 6.45) is 0. The van der Waals surface area contributed by atoms with Gasteiger partial charge in [0.05, 0.1) is 23.6 Å². The molecular weight excluding hydrogens is 435 g/mol. The van der Waals surface area contributed by atoms with E-state index < -0.39 is 0 Å². The zero-order valence-electron chi connectivity index (χ0n) is 15.6. The summed E-state index contributed by atoms with van der Waals surface area (Å²) < 4.78 is 11.5. The van der Waals surface area contributed by atoms with E-state index >= 15 is 0 Å². The molecule has 0 aliphatic carbocycles. The molecule has 0 spiro atoms. The first-order valence-electron chi connectivity index (χ1n) is 8.97. The van der Waals surface area contributed by atoms with Crippen LogP contribution in [0.1, 0.15) is 16.2 Å². The fraction of sp³-hybridized carbons (Fsp3) is 0.316. The minimum atomic E-state index is -0.0858. The van der Waals surface area contributed by atoms with Gasteiger partial charge in [-0.15, -0.1) is 11.3 Å². The van der Waals surface area contributed by atoms with E-state index in [9.17, 15) is 4.79 Å². The second kappa shape index (κ2) is 8.71. The molecule has 152 valence electrons. The van der Waals surface area contributed by atoms with E-state index in [4.69, 9.17) is 32.5 Å². The number of carbonyl (C=O) groups is 1. The molecule has 2 aromatic heterocycles. The van der Waals surface area contributed by atoms with Gasteiger partial charge in [-0.25, -0.2) is 0 Å². The highest BCUT2D eigenvalue weighted by atomic mass is 35.5. The maximum Gasteiger partial charge on any atom is 0.256 e. The van der Waals surface area contributed by atoms with Crippen molar-refractivity contribution in [2.24, 2.45) is 0 Å². The third kappa shape index (κ3) is 4.56. The van der Waals surface area contributed by atoms with Crippen molar-refractivity contribution in [2.45, 2.75) is 6.54 Å². The Morgan fingerprint density at radius 3 is 2.55 bits per heavy atom. The lowest BCUT2D eigenvalue weighted by molar-refractivity contribution is 0.0616. The lowest BCUT2D eigenvalue weighted by Gasteiger charge is -2.33. The second-order valence-electron chi connectivity index (χ2n) is 6.55. The Hall–Kier alpha value is -2.13. The minimum Gasteiger partial charge on any atom is -0.497 e. The van der Waals surface area contributed by atoms with Crippen LogP contribution >= 0.6 is 34.5 Å². The van der Waals surface area contributed by atoms with Crippen molar-refractivity contribution in [1.29, 1.82) is 0 Å². The molecule has 1 aliphatic rings. The van der Waals surface area contributed by atoms with Gasteiger partial charge < -0.3 is 14.2 Å². The van der Waals surface area contributed by atoms with Crippen LogP contribution in [0, 0.1) is 0 Å². The summed E-state index contributed by atoms with van der Waals surface area (Å²) in [4.78, 5) is 21.1. The number of hydrogen-bond acceptors (Lipinski definition) is 7. The summed E-state index contributed by atoms with van der Waals surface area (Å²) in [7, 11) is 1.62. The van der Waals surface area contributed by atoms with Crippen molar-refractivity contribution < 1.29 is 14.1 Å². The van der Waals surface area contributed by atoms with Crippen LogP contribution in [0.25, 0.3) is 11.4 Å². The predicted octanol–water partition coefficient (Wildman–Crippen LogP) is 4.07. The smallest absolute Gasteiger partial charge is 0.256 e. The maximum absolute atomic E-state index is 12.6. The van der Waals surface area contributed by atoms with Crippen LogP contribution in [0.5, 0.6) is 5.75 Å². The van der Waals surface area contributed by atoms with Gasteiger partial charge in [0, 0.05) is 31.7 Å². The zero-order chi connectivity index (χ0) is 20.4. The molecule has 7 nitrogen and oxygen atoms in total. The van der Waals surface area contributed by atoms with Gasteiger partial charge in [0.25, 0.3) is 5.91 Å². The number of nitrogens with zero attached hydrogens (tertiary/aromatic N) is 4. The zero-order valence-corrected chi connectivity index (χ0v) is 17.9. The van der Waals surface area contributed by atoms with Gasteiger partial charge in [0.15, 0.2) is 0 Å². The molecule has 3 aromatic rings. The third-order valence-electron chi connectivity index (χ3n) is 4.72. The number of aromatic nitrogens is 2. The summed E-state index contributed by atoms with van der Waals surface area (Å²) in [6.45, 7) is 3.16. The Kier molecular flexibility index (Phi) is 6.05. The van der Waals surface area contributed by atoms with Crippen molar-refractivity contribution in [3.63, 3.8) is 0 Å². The van der Waals surface area contributed by atoms with Crippen LogP contribution in [0.3, 0.4) is 0 Å². The number of hydrogen-bond donors (Lipinski definition) is 0. The molecule has 0 unspecified atom stereocenters. The van der Waals surface area contributed by atoms with E-state index in [1.807, 2.05) is 24.3 Å². The highest BCUT2D eigenvalue weighted by Crippen LogP contribution is 2.32. The highest BCUT2D eigenvalue weighted by Gasteiger charge is 2.25. The summed E-state index contributed by atoms with van der Waals surface area (Å²) in [5.41, 5.74) is 1.33. The number of thiophene rings is 1. The largest absolute Gasteiger partial charge is 0.497 e. The number of rotatable bonds is 5. The van der Waals surface area contributed by atoms with E-state index in [1.54, 1.807) is 18.1 Å². The van der Waals surface area contributed by atoms with Crippen LogP contribution in [0.2, 0.25) is 8.67 Å². The van der Waals surface area contributed by atoms with E-state index in [2.05, 4.69) is 15.0 Å². The van der Waals surface area contributed by atoms with Gasteiger partial charge in [0.2, 0.25) is 11.7 Å². The first-order chi connectivity index (χ1) is 14.0. The number of benzene rings is 1. The summed E-state index contributed by atoms with van der Waals surface area (Å²) in [6, 6.07) is 9.12. The SMILES string of the molecule is COc1ccc(-c2noc(CN3CCN(C(=O)c4cc(Cl)sc4Cl)CC3)n2)cc1. The average molecular weight is 453 g/mol. The fourth-order valence-electron chi connectivity index (χ4n) is 3.13. The molecule has 29 heavy (non-hydrogen) atoms. The number of halogens is 2. The molecule has 1 amide bonds. The molecule has 3 heterocycles. The molecule has 0 radical (unpaired) electrons. The van der Waals surface area contributed by atoms with E-state index in [-0.39, 0.29) is 5.91 Å². The van der Waals surface area contributed by atoms with Crippen molar-refractivity contribution in [1.82, 2.24) is 19.9 Å². The Labute approximate surface area is 181 Å². The monoisotopic (exact) mass is 452 g/mol. The predicted molar refractivity (Wildman–Crippen MR) is 112 cm³/mol. The first kappa shape index (κ1) is 20.2. The lowest BCUT2D eigenvalue weighted by atomic mass is 10.2. The first-order valence-corrected chi connectivity index (χ1v) is 10.5. The average Bonchev–Trinajstić information content (AvgIpc) is 3.34. The Balaban J connectivity index is 1.33. The van der Waals surface area contributed by atoms with Crippen molar-refractivity contribution in [3.8, 4) is 17.1 Å². The molecule has 4 rings (SSSR count). The fourth-order valence-corrected chi connectivity index (χ4v) is 4.58. The van der Waals surface area contributed by atoms with Gasteiger partial charge in [-0.05, 0) is 30.3 Å². The van der Waals surface area contributed by atoms with Crippen LogP contribution in [-0.2, 0) is 6.54 Å². The maximum atomic E-state index is 12.6. The number of amides is 1. The number of piperazine rings is 1. The molecule has 1 aliphatic heterocycles. The molecule has 0 saturated carbocycles. The molecule has 1 fully saturated rings. The molecule has 1 saturated heterocycles. The molecule has 0 bridgehead atoms. The van der Waals surface area contributed by atoms with E-state index in [0.29, 0.717) is 58.7 Å². The van der Waals surface area contributed by atoms with Crippen molar-refractivity contribution in [2.75, 3.05) is 33.3 Å². The van der Waals surface area contributed by atoms with Crippen LogP contribution < -0.4 is 4.74 Å². The summed E-state index contributed by atoms with van der Waals surface area (Å²) in [5.74, 6) is 1.77. The van der Waals surface area contributed by atoms with E-state index in [0.717, 1.165) is 11.3 Å². The van der Waals surface area contributed by atoms with Crippen molar-refractivity contribution in [3.05, 3.63) is 50.5 Å². The highest BCUT2D eigenvalue weighted by molar-refractivity contribution is 7.20. The molecule has 1 aromatic carbocycles. The molecule has 10 heteroatoms. The van der Waals surface area contributed by atoms with Gasteiger partial charge in [0.1, 0.15) is 10.1 Å². The van der Waals surface area contributed by atoms with Crippen LogP contribution in [0.4, 0.5) is 0 Å². The summed E-state index contributed by atoms with van der Waals surface area (Å²) in [5, 5.41) is 4.06. The number of carbonyl (C=O) groups excluding carboxylic acids is 1. The molecule has 0 atom stereocenters. The number of methoxy groups -OCH3 is 1. The second-order valence-corrected chi connectivity index (χ2v) is 8.83. The van der Waals surface area contributed by atoms with E-state index in [1.165, 1.54) is 11.3 Å². The number of ether oxygens (including phenoxy) is 1. The minimum absolute atomic E-state index is 0.0858. The lowest BCUT2D eigenvalue weighted by Crippen LogP contribution is -2.48. The standard InChI is InChI=1S/C19H18Cl2N4O3S/c1-27-13-4-2-12(3-5-13)18-22-16(28-23-18)11-24-6-8-25(9-7-24)19(26)14-10-15(20)29-17(14)21/h2-5,10H,6-9,11H2,1H3. The Morgan fingerprint density at radius 1 is 1.21 bits per heavy atom. The van der Waals surface area contributed by atoms with Gasteiger partial charge in [-0.1, -0.05) is 28.4 Å². The van der Waals surface area contributed by atoms with Crippen LogP contribution in [0.15, 0.2) is 34.9 Å². The Morgan fingerprint density at radius 2 is 1.93 bits per heavy atom.